The molecule has 0 aliphatic heterocycles. The number of rotatable bonds is 2. The Morgan fingerprint density at radius 3 is 2.72 bits per heavy atom. The summed E-state index contributed by atoms with van der Waals surface area (Å²) in [6, 6.07) is 12.3. The van der Waals surface area contributed by atoms with Crippen molar-refractivity contribution in [1.82, 2.24) is 14.8 Å². The minimum Gasteiger partial charge on any atom is -0.256 e. The lowest BCUT2D eigenvalue weighted by molar-refractivity contribution is 0.737. The Labute approximate surface area is 106 Å². The van der Waals surface area contributed by atoms with E-state index in [4.69, 9.17) is 0 Å². The molecule has 1 aromatic carbocycles. The van der Waals surface area contributed by atoms with Crippen LogP contribution < -0.4 is 0 Å². The first kappa shape index (κ1) is 11.0. The predicted octanol–water partition coefficient (Wildman–Crippen LogP) is 3.54. The van der Waals surface area contributed by atoms with Crippen molar-refractivity contribution in [2.45, 2.75) is 19.8 Å². The van der Waals surface area contributed by atoms with E-state index in [1.807, 2.05) is 35.3 Å². The van der Waals surface area contributed by atoms with E-state index < -0.39 is 0 Å². The Morgan fingerprint density at radius 2 is 1.89 bits per heavy atom. The van der Waals surface area contributed by atoms with Gasteiger partial charge in [0.2, 0.25) is 0 Å². The normalized spacial score (nSPS) is 11.3. The summed E-state index contributed by atoms with van der Waals surface area (Å²) in [5.41, 5.74) is 3.31. The number of aromatic nitrogens is 3. The number of pyridine rings is 1. The molecule has 0 amide bonds. The fourth-order valence-corrected chi connectivity index (χ4v) is 2.22. The van der Waals surface area contributed by atoms with E-state index in [-0.39, 0.29) is 0 Å². The van der Waals surface area contributed by atoms with Crippen molar-refractivity contribution in [1.29, 1.82) is 0 Å². The maximum absolute atomic E-state index is 4.45. The second-order valence-corrected chi connectivity index (χ2v) is 4.67. The van der Waals surface area contributed by atoms with E-state index in [9.17, 15) is 0 Å². The summed E-state index contributed by atoms with van der Waals surface area (Å²) >= 11 is 0. The molecule has 0 unspecified atom stereocenters. The Bertz CT molecular complexity index is 678. The average molecular weight is 237 g/mol. The SMILES string of the molecule is CC(C)c1ccnn1-c1cccc2ncccc12. The Hall–Kier alpha value is -2.16. The van der Waals surface area contributed by atoms with E-state index >= 15 is 0 Å². The van der Waals surface area contributed by atoms with E-state index in [1.165, 1.54) is 5.69 Å². The number of hydrogen-bond acceptors (Lipinski definition) is 2. The van der Waals surface area contributed by atoms with Crippen LogP contribution in [-0.2, 0) is 0 Å². The van der Waals surface area contributed by atoms with Crippen molar-refractivity contribution >= 4 is 10.9 Å². The Kier molecular flexibility index (Phi) is 2.59. The molecular weight excluding hydrogens is 222 g/mol. The van der Waals surface area contributed by atoms with Crippen LogP contribution in [0, 0.1) is 0 Å². The maximum Gasteiger partial charge on any atom is 0.0742 e. The van der Waals surface area contributed by atoms with Crippen molar-refractivity contribution in [3.8, 4) is 5.69 Å². The number of benzene rings is 1. The van der Waals surface area contributed by atoms with Crippen molar-refractivity contribution in [2.24, 2.45) is 0 Å². The molecule has 0 saturated carbocycles. The predicted molar refractivity (Wildman–Crippen MR) is 73.0 cm³/mol. The molecule has 2 heterocycles. The third-order valence-corrected chi connectivity index (χ3v) is 3.11. The topological polar surface area (TPSA) is 30.7 Å². The number of hydrogen-bond donors (Lipinski definition) is 0. The lowest BCUT2D eigenvalue weighted by atomic mass is 10.1. The molecule has 0 atom stereocenters. The Morgan fingerprint density at radius 1 is 1.00 bits per heavy atom. The standard InChI is InChI=1S/C15H15N3/c1-11(2)14-8-10-17-18(14)15-7-3-6-13-12(15)5-4-9-16-13/h3-11H,1-2H3. The van der Waals surface area contributed by atoms with Crippen molar-refractivity contribution in [2.75, 3.05) is 0 Å². The van der Waals surface area contributed by atoms with Gasteiger partial charge in [0.05, 0.1) is 11.2 Å². The molecule has 3 nitrogen and oxygen atoms in total. The quantitative estimate of drug-likeness (QED) is 0.682. The largest absolute Gasteiger partial charge is 0.256 e. The highest BCUT2D eigenvalue weighted by Crippen LogP contribution is 2.24. The lowest BCUT2D eigenvalue weighted by Gasteiger charge is -2.12. The van der Waals surface area contributed by atoms with Gasteiger partial charge in [-0.25, -0.2) is 4.68 Å². The monoisotopic (exact) mass is 237 g/mol. The molecule has 0 spiro atoms. The fourth-order valence-electron chi connectivity index (χ4n) is 2.22. The average Bonchev–Trinajstić information content (AvgIpc) is 2.87. The lowest BCUT2D eigenvalue weighted by Crippen LogP contribution is -2.04. The highest BCUT2D eigenvalue weighted by Gasteiger charge is 2.10. The third-order valence-electron chi connectivity index (χ3n) is 3.11. The Balaban J connectivity index is 2.28. The van der Waals surface area contributed by atoms with Gasteiger partial charge in [-0.3, -0.25) is 4.98 Å². The van der Waals surface area contributed by atoms with E-state index in [0.29, 0.717) is 5.92 Å². The van der Waals surface area contributed by atoms with Crippen LogP contribution in [-0.4, -0.2) is 14.8 Å². The molecule has 18 heavy (non-hydrogen) atoms. The molecule has 0 aliphatic carbocycles. The summed E-state index contributed by atoms with van der Waals surface area (Å²) in [5, 5.41) is 5.58. The van der Waals surface area contributed by atoms with Crippen LogP contribution in [0.25, 0.3) is 16.6 Å². The molecule has 0 saturated heterocycles. The zero-order valence-corrected chi connectivity index (χ0v) is 10.5. The number of fused-ring (bicyclic) bond motifs is 1. The molecule has 90 valence electrons. The molecule has 3 aromatic rings. The molecule has 3 rings (SSSR count). The molecular formula is C15H15N3. The van der Waals surface area contributed by atoms with Gasteiger partial charge in [0.15, 0.2) is 0 Å². The van der Waals surface area contributed by atoms with E-state index in [1.54, 1.807) is 0 Å². The summed E-state index contributed by atoms with van der Waals surface area (Å²) in [5.74, 6) is 0.444. The highest BCUT2D eigenvalue weighted by atomic mass is 15.3. The zero-order chi connectivity index (χ0) is 12.5. The van der Waals surface area contributed by atoms with Gasteiger partial charge in [0.1, 0.15) is 0 Å². The molecule has 2 aromatic heterocycles. The van der Waals surface area contributed by atoms with Gasteiger partial charge in [0.25, 0.3) is 0 Å². The fraction of sp³-hybridized carbons (Fsp3) is 0.200. The van der Waals surface area contributed by atoms with Crippen LogP contribution in [0.5, 0.6) is 0 Å². The zero-order valence-electron chi connectivity index (χ0n) is 10.5. The van der Waals surface area contributed by atoms with Crippen LogP contribution in [0.1, 0.15) is 25.5 Å². The molecule has 0 radical (unpaired) electrons. The molecule has 0 fully saturated rings. The summed E-state index contributed by atoms with van der Waals surface area (Å²) in [7, 11) is 0. The second kappa shape index (κ2) is 4.26. The summed E-state index contributed by atoms with van der Waals surface area (Å²) < 4.78 is 2.01. The van der Waals surface area contributed by atoms with Crippen LogP contribution in [0.4, 0.5) is 0 Å². The van der Waals surface area contributed by atoms with Crippen LogP contribution in [0.15, 0.2) is 48.8 Å². The molecule has 3 heteroatoms. The highest BCUT2D eigenvalue weighted by molar-refractivity contribution is 5.86. The second-order valence-electron chi connectivity index (χ2n) is 4.67. The molecule has 0 bridgehead atoms. The van der Waals surface area contributed by atoms with Crippen molar-refractivity contribution in [3.63, 3.8) is 0 Å². The van der Waals surface area contributed by atoms with Crippen molar-refractivity contribution in [3.05, 3.63) is 54.5 Å². The smallest absolute Gasteiger partial charge is 0.0742 e. The van der Waals surface area contributed by atoms with Gasteiger partial charge in [-0.1, -0.05) is 19.9 Å². The first-order valence-electron chi connectivity index (χ1n) is 6.15. The van der Waals surface area contributed by atoms with Crippen LogP contribution in [0.2, 0.25) is 0 Å². The van der Waals surface area contributed by atoms with Gasteiger partial charge in [-0.2, -0.15) is 5.10 Å². The van der Waals surface area contributed by atoms with Gasteiger partial charge < -0.3 is 0 Å². The van der Waals surface area contributed by atoms with Gasteiger partial charge in [-0.15, -0.1) is 0 Å². The minimum absolute atomic E-state index is 0.444. The first-order valence-corrected chi connectivity index (χ1v) is 6.15. The van der Waals surface area contributed by atoms with Gasteiger partial charge in [0, 0.05) is 23.5 Å². The summed E-state index contributed by atoms with van der Waals surface area (Å²) in [6.07, 6.45) is 3.67. The van der Waals surface area contributed by atoms with E-state index in [0.717, 1.165) is 16.6 Å². The third kappa shape index (κ3) is 1.68. The van der Waals surface area contributed by atoms with Gasteiger partial charge in [-0.05, 0) is 36.2 Å². The van der Waals surface area contributed by atoms with E-state index in [2.05, 4.69) is 42.1 Å². The minimum atomic E-state index is 0.444. The summed E-state index contributed by atoms with van der Waals surface area (Å²) in [4.78, 5) is 4.39. The van der Waals surface area contributed by atoms with Crippen LogP contribution in [0.3, 0.4) is 0 Å². The van der Waals surface area contributed by atoms with Crippen molar-refractivity contribution < 1.29 is 0 Å². The number of nitrogens with zero attached hydrogens (tertiary/aromatic N) is 3. The van der Waals surface area contributed by atoms with Gasteiger partial charge >= 0.3 is 0 Å². The van der Waals surface area contributed by atoms with Crippen LogP contribution >= 0.6 is 0 Å². The maximum atomic E-state index is 4.45. The molecule has 0 aliphatic rings. The summed E-state index contributed by atoms with van der Waals surface area (Å²) in [6.45, 7) is 4.35. The first-order chi connectivity index (χ1) is 8.77. The molecule has 0 N–H and O–H groups in total.